The van der Waals surface area contributed by atoms with E-state index in [4.69, 9.17) is 0 Å². The van der Waals surface area contributed by atoms with Gasteiger partial charge in [-0.2, -0.15) is 12.2 Å². The number of fused-ring (bicyclic) bond motifs is 6. The van der Waals surface area contributed by atoms with Gasteiger partial charge < -0.3 is 24.8 Å². The fourth-order valence-corrected chi connectivity index (χ4v) is 16.2. The Balaban J connectivity index is 0.000000179. The molecule has 4 aliphatic carbocycles. The topological polar surface area (TPSA) is 0 Å². The zero-order chi connectivity index (χ0) is 86.9. The molecule has 4 aliphatic rings. The largest absolute Gasteiger partial charge is 1.00 e. The maximum Gasteiger partial charge on any atom is -0.109 e. The van der Waals surface area contributed by atoms with Crippen LogP contribution in [0.25, 0.3) is 66.8 Å². The molecule has 0 bridgehead atoms. The van der Waals surface area contributed by atoms with E-state index in [9.17, 15) is 52.7 Å². The molecule has 0 nitrogen and oxygen atoms in total. The molecule has 122 heavy (non-hydrogen) atoms. The summed E-state index contributed by atoms with van der Waals surface area (Å²) in [5.41, 5.74) is 24.8. The molecule has 12 aromatic carbocycles. The fraction of sp³-hybridized carbons (Fsp3) is 0.226. The van der Waals surface area contributed by atoms with Crippen LogP contribution in [-0.2, 0) is 108 Å². The van der Waals surface area contributed by atoms with Gasteiger partial charge in [-0.25, -0.2) is 24.3 Å². The molecule has 12 aromatic rings. The van der Waals surface area contributed by atoms with Crippen molar-refractivity contribution in [2.24, 2.45) is 0 Å². The van der Waals surface area contributed by atoms with Crippen molar-refractivity contribution in [3.63, 3.8) is 0 Å². The molecule has 0 fully saturated rings. The van der Waals surface area contributed by atoms with Crippen LogP contribution in [0.1, 0.15) is 185 Å². The molecule has 0 heterocycles. The maximum atomic E-state index is 12.7. The molecule has 0 radical (unpaired) electrons. The van der Waals surface area contributed by atoms with E-state index in [1.807, 2.05) is 24.3 Å². The van der Waals surface area contributed by atoms with Crippen molar-refractivity contribution in [3.05, 3.63) is 405 Å². The Morgan fingerprint density at radius 3 is 0.754 bits per heavy atom. The van der Waals surface area contributed by atoms with Gasteiger partial charge in [-0.05, 0) is 79.0 Å². The second-order valence-corrected chi connectivity index (χ2v) is 36.4. The smallest absolute Gasteiger partial charge is 0.109 e. The van der Waals surface area contributed by atoms with Crippen molar-refractivity contribution in [2.75, 3.05) is 0 Å². The molecule has 0 aromatic heterocycles. The number of hydrogen-bond donors (Lipinski definition) is 0. The predicted octanol–water partition coefficient (Wildman–Crippen LogP) is 24.3. The summed E-state index contributed by atoms with van der Waals surface area (Å²) in [6.45, 7) is 27.8. The molecule has 0 saturated heterocycles. The van der Waals surface area contributed by atoms with Crippen LogP contribution in [0.5, 0.6) is 0 Å². The average Bonchev–Trinajstić information content (AvgIpc) is 1.62. The van der Waals surface area contributed by atoms with Crippen LogP contribution in [0.4, 0.5) is 52.7 Å². The second-order valence-electron chi connectivity index (χ2n) is 33.9. The third-order valence-electron chi connectivity index (χ3n) is 20.7. The zero-order valence-corrected chi connectivity index (χ0v) is 76.3. The summed E-state index contributed by atoms with van der Waals surface area (Å²) in [5.74, 6) is 0. The van der Waals surface area contributed by atoms with Crippen molar-refractivity contribution in [2.45, 2.75) is 155 Å². The first-order valence-corrected chi connectivity index (χ1v) is 42.0. The molecular formula is C106H92Cl2F12Zr2-2. The number of hydrogen-bond acceptors (Lipinski definition) is 0. The fourth-order valence-electron chi connectivity index (χ4n) is 14.6. The van der Waals surface area contributed by atoms with E-state index in [-0.39, 0.29) is 68.7 Å². The van der Waals surface area contributed by atoms with Crippen molar-refractivity contribution in [1.29, 1.82) is 0 Å². The summed E-state index contributed by atoms with van der Waals surface area (Å²) in [7, 11) is 0. The SMILES string of the molecule is CC(C)(C)c1cc2c([c-]c1-c1ccccc1)Cc1cc(-c3ccccc3)c(C(C)(C)C)cc1-2.CC(C)(C)c1cc2c([c-]c1-c1ccccc1)Cc1cc(-c3ccccc3)c(C(C)(C)C)cc1-2.FC(F)(F)c1cccc([C](=[Zr+2])c2cccc(C(F)(F)F)c2)c1.FC(F)(F)c1cccc([C](=[Zr+2])c2cccc(C(F)(F)F)c2)c1.[C-]1=CC=CC1.[C-]1=CC=CC1.[Cl-].[Cl-]. The van der Waals surface area contributed by atoms with Crippen LogP contribution in [-0.4, -0.2) is 6.41 Å². The number of alkyl halides is 12. The van der Waals surface area contributed by atoms with Crippen LogP contribution in [0.2, 0.25) is 0 Å². The molecule has 16 rings (SSSR count). The molecule has 0 unspecified atom stereocenters. The van der Waals surface area contributed by atoms with Crippen molar-refractivity contribution in [3.8, 4) is 66.8 Å². The van der Waals surface area contributed by atoms with Crippen molar-refractivity contribution < 1.29 is 126 Å². The monoisotopic (exact) mass is 1840 g/mol. The molecule has 0 amide bonds. The van der Waals surface area contributed by atoms with Gasteiger partial charge in [0.05, 0.1) is 0 Å². The molecule has 624 valence electrons. The Hall–Kier alpha value is -9.15. The maximum absolute atomic E-state index is 12.7. The third kappa shape index (κ3) is 24.7. The summed E-state index contributed by atoms with van der Waals surface area (Å²) in [4.78, 5) is 0. The first kappa shape index (κ1) is 96.7. The molecule has 16 heteroatoms. The van der Waals surface area contributed by atoms with Gasteiger partial charge in [-0.3, -0.25) is 12.2 Å². The first-order valence-electron chi connectivity index (χ1n) is 39.5. The average molecular weight is 1850 g/mol. The Kier molecular flexibility index (Phi) is 31.9. The zero-order valence-electron chi connectivity index (χ0n) is 69.8. The quantitative estimate of drug-likeness (QED) is 0.105. The van der Waals surface area contributed by atoms with E-state index in [1.54, 1.807) is 0 Å². The predicted molar refractivity (Wildman–Crippen MR) is 459 cm³/mol. The van der Waals surface area contributed by atoms with E-state index in [1.165, 1.54) is 160 Å². The first-order chi connectivity index (χ1) is 56.4. The van der Waals surface area contributed by atoms with Crippen LogP contribution < -0.4 is 24.8 Å². The van der Waals surface area contributed by atoms with Crippen LogP contribution in [0, 0.1) is 24.3 Å². The summed E-state index contributed by atoms with van der Waals surface area (Å²) >= 11 is 1.46. The second kappa shape index (κ2) is 40.2. The number of benzene rings is 12. The molecule has 0 N–H and O–H groups in total. The normalized spacial score (nSPS) is 13.0. The number of rotatable bonds is 8. The van der Waals surface area contributed by atoms with Gasteiger partial charge in [0.15, 0.2) is 0 Å². The van der Waals surface area contributed by atoms with E-state index in [2.05, 4.69) is 277 Å². The Labute approximate surface area is 752 Å². The van der Waals surface area contributed by atoms with Crippen molar-refractivity contribution >= 4 is 6.41 Å². The minimum atomic E-state index is -4.49. The number of allylic oxidation sites excluding steroid dienone is 8. The summed E-state index contributed by atoms with van der Waals surface area (Å²) in [5, 5.41) is 0. The molecule has 0 aliphatic heterocycles. The van der Waals surface area contributed by atoms with Gasteiger partial charge in [-0.1, -0.05) is 262 Å². The molecule has 0 spiro atoms. The van der Waals surface area contributed by atoms with E-state index < -0.39 is 47.0 Å². The Morgan fingerprint density at radius 1 is 0.279 bits per heavy atom. The van der Waals surface area contributed by atoms with Crippen LogP contribution in [0.3, 0.4) is 0 Å². The molecule has 0 saturated carbocycles. The van der Waals surface area contributed by atoms with Gasteiger partial charge in [0.2, 0.25) is 0 Å². The van der Waals surface area contributed by atoms with Crippen molar-refractivity contribution in [1.82, 2.24) is 0 Å². The standard InChI is InChI=1S/2C33H33.2C15H8F6.2C5H5.2ClH.2Zr/c2*1-32(2,3)30-20-26-24(18-28(30)22-13-9-7-10-14-22)17-25-19-29(23-15-11-8-12-16-23)31(21-27(25)26)33(4,5)6;2*16-14(17,18)12-5-1-3-10(8-12)7-11-4-2-6-13(9-11)15(19,20)21;2*1-2-4-5-3-1;;;;/h2*7-16,18,20-21H,17H2,1-6H3;2*1-6,8-9H;2*1-3H,4H2;2*1H;;/q2*-1;;;2*-1;;;2*+2/p-2. The Morgan fingerprint density at radius 2 is 0.533 bits per heavy atom. The number of halogens is 14. The molecular weight excluding hydrogens is 1750 g/mol. The Bertz CT molecular complexity index is 5080. The van der Waals surface area contributed by atoms with Gasteiger partial charge in [0.1, 0.15) is 0 Å². The molecule has 0 atom stereocenters. The van der Waals surface area contributed by atoms with Gasteiger partial charge in [0, 0.05) is 0 Å². The van der Waals surface area contributed by atoms with Crippen LogP contribution in [0.15, 0.2) is 291 Å². The minimum absolute atomic E-state index is 0. The van der Waals surface area contributed by atoms with Crippen LogP contribution >= 0.6 is 0 Å². The summed E-state index contributed by atoms with van der Waals surface area (Å²) < 4.78 is 153. The third-order valence-corrected chi connectivity index (χ3v) is 23.6. The van der Waals surface area contributed by atoms with E-state index >= 15 is 0 Å². The summed E-state index contributed by atoms with van der Waals surface area (Å²) in [6, 6.07) is 84.0. The summed E-state index contributed by atoms with van der Waals surface area (Å²) in [6.07, 6.45) is 3.94. The van der Waals surface area contributed by atoms with Gasteiger partial charge in [-0.15, -0.1) is 70.5 Å². The van der Waals surface area contributed by atoms with Gasteiger partial charge >= 0.3 is 274 Å². The van der Waals surface area contributed by atoms with Gasteiger partial charge in [0.25, 0.3) is 0 Å². The minimum Gasteiger partial charge on any atom is -1.00 e. The van der Waals surface area contributed by atoms with E-state index in [0.29, 0.717) is 6.41 Å². The van der Waals surface area contributed by atoms with E-state index in [0.717, 1.165) is 123 Å².